The van der Waals surface area contributed by atoms with Gasteiger partial charge in [-0.2, -0.15) is 4.31 Å². The lowest BCUT2D eigenvalue weighted by atomic mass is 9.75. The van der Waals surface area contributed by atoms with E-state index in [1.807, 2.05) is 24.3 Å². The van der Waals surface area contributed by atoms with Gasteiger partial charge in [0.2, 0.25) is 10.0 Å². The van der Waals surface area contributed by atoms with Crippen molar-refractivity contribution >= 4 is 16.1 Å². The maximum atomic E-state index is 12.2. The van der Waals surface area contributed by atoms with Crippen LogP contribution in [0.3, 0.4) is 0 Å². The lowest BCUT2D eigenvalue weighted by Crippen LogP contribution is -2.42. The second kappa shape index (κ2) is 8.40. The summed E-state index contributed by atoms with van der Waals surface area (Å²) in [7, 11) is -3.27. The third-order valence-corrected chi connectivity index (χ3v) is 7.43. The molecular formula is C23H28N2O4S. The first-order chi connectivity index (χ1) is 14.3. The maximum Gasteiger partial charge on any atom is 0.404 e. The van der Waals surface area contributed by atoms with Crippen LogP contribution in [0.2, 0.25) is 0 Å². The summed E-state index contributed by atoms with van der Waals surface area (Å²) in [6.45, 7) is 0.367. The van der Waals surface area contributed by atoms with Gasteiger partial charge in [-0.1, -0.05) is 48.5 Å². The van der Waals surface area contributed by atoms with E-state index >= 15 is 0 Å². The summed E-state index contributed by atoms with van der Waals surface area (Å²) in [5.41, 5.74) is 4.47. The van der Waals surface area contributed by atoms with Crippen molar-refractivity contribution in [3.05, 3.63) is 70.8 Å². The van der Waals surface area contributed by atoms with E-state index < -0.39 is 16.1 Å². The summed E-state index contributed by atoms with van der Waals surface area (Å²) in [5, 5.41) is 12.1. The van der Waals surface area contributed by atoms with Gasteiger partial charge in [0, 0.05) is 24.5 Å². The number of carboxylic acid groups (broad SMARTS) is 1. The first-order valence-electron chi connectivity index (χ1n) is 10.4. The number of amides is 1. The summed E-state index contributed by atoms with van der Waals surface area (Å²) in [6, 6.07) is 16.2. The Morgan fingerprint density at radius 1 is 1.10 bits per heavy atom. The molecule has 4 rings (SSSR count). The molecule has 2 N–H and O–H groups in total. The van der Waals surface area contributed by atoms with E-state index in [1.165, 1.54) is 11.8 Å². The van der Waals surface area contributed by atoms with Gasteiger partial charge in [0.15, 0.2) is 0 Å². The van der Waals surface area contributed by atoms with Crippen LogP contribution < -0.4 is 5.32 Å². The van der Waals surface area contributed by atoms with Gasteiger partial charge < -0.3 is 10.4 Å². The molecule has 2 aromatic carbocycles. The second-order valence-corrected chi connectivity index (χ2v) is 10.4. The standard InChI is InChI=1S/C23H28N2O4S/c1-30(28,29)25(19-10-11-19)15-17-7-8-18-9-12-22(24-23(26)27)21(20(18)14-17)13-16-5-3-2-4-6-16/h2-8,14,19,21-22,24H,9-13,15H2,1H3,(H,26,27). The molecule has 0 spiro atoms. The highest BCUT2D eigenvalue weighted by Gasteiger charge is 2.36. The molecular weight excluding hydrogens is 400 g/mol. The van der Waals surface area contributed by atoms with E-state index in [1.54, 1.807) is 4.31 Å². The number of fused-ring (bicyclic) bond motifs is 1. The van der Waals surface area contributed by atoms with Gasteiger partial charge in [0.1, 0.15) is 0 Å². The predicted molar refractivity (Wildman–Crippen MR) is 116 cm³/mol. The number of rotatable bonds is 7. The number of nitrogens with zero attached hydrogens (tertiary/aromatic N) is 1. The third kappa shape index (κ3) is 4.84. The van der Waals surface area contributed by atoms with Crippen molar-refractivity contribution < 1.29 is 18.3 Å². The Hall–Kier alpha value is -2.38. The summed E-state index contributed by atoms with van der Waals surface area (Å²) in [5.74, 6) is 0.0137. The molecule has 2 aliphatic rings. The number of sulfonamides is 1. The molecule has 2 aliphatic carbocycles. The van der Waals surface area contributed by atoms with Gasteiger partial charge in [-0.05, 0) is 54.4 Å². The van der Waals surface area contributed by atoms with E-state index in [0.717, 1.165) is 48.8 Å². The van der Waals surface area contributed by atoms with E-state index in [9.17, 15) is 18.3 Å². The minimum atomic E-state index is -3.27. The Bertz CT molecular complexity index is 1020. The van der Waals surface area contributed by atoms with E-state index in [-0.39, 0.29) is 18.0 Å². The van der Waals surface area contributed by atoms with Crippen LogP contribution >= 0.6 is 0 Å². The Balaban J connectivity index is 1.66. The van der Waals surface area contributed by atoms with Crippen molar-refractivity contribution in [1.82, 2.24) is 9.62 Å². The van der Waals surface area contributed by atoms with Crippen LogP contribution in [-0.2, 0) is 29.4 Å². The average Bonchev–Trinajstić information content (AvgIpc) is 3.52. The highest BCUT2D eigenvalue weighted by molar-refractivity contribution is 7.88. The fourth-order valence-corrected chi connectivity index (χ4v) is 5.69. The van der Waals surface area contributed by atoms with Crippen LogP contribution in [0.4, 0.5) is 4.79 Å². The van der Waals surface area contributed by atoms with Crippen LogP contribution in [0.25, 0.3) is 0 Å². The number of hydrogen-bond donors (Lipinski definition) is 2. The molecule has 1 fully saturated rings. The fourth-order valence-electron chi connectivity index (χ4n) is 4.56. The van der Waals surface area contributed by atoms with Gasteiger partial charge >= 0.3 is 6.09 Å². The van der Waals surface area contributed by atoms with Crippen molar-refractivity contribution in [1.29, 1.82) is 0 Å². The third-order valence-electron chi connectivity index (χ3n) is 6.15. The summed E-state index contributed by atoms with van der Waals surface area (Å²) in [6.07, 6.45) is 4.40. The lowest BCUT2D eigenvalue weighted by Gasteiger charge is -2.34. The van der Waals surface area contributed by atoms with E-state index in [2.05, 4.69) is 29.6 Å². The number of nitrogens with one attached hydrogen (secondary N) is 1. The quantitative estimate of drug-likeness (QED) is 0.706. The molecule has 0 saturated heterocycles. The molecule has 2 unspecified atom stereocenters. The SMILES string of the molecule is CS(=O)(=O)N(Cc1ccc2c(c1)C(Cc1ccccc1)C(NC(=O)O)CC2)C1CC1. The van der Waals surface area contributed by atoms with Crippen molar-refractivity contribution in [2.24, 2.45) is 0 Å². The topological polar surface area (TPSA) is 86.7 Å². The van der Waals surface area contributed by atoms with Crippen molar-refractivity contribution in [3.8, 4) is 0 Å². The first kappa shape index (κ1) is 20.9. The molecule has 2 aromatic rings. The van der Waals surface area contributed by atoms with Gasteiger partial charge in [-0.25, -0.2) is 13.2 Å². The van der Waals surface area contributed by atoms with E-state index in [0.29, 0.717) is 6.54 Å². The van der Waals surface area contributed by atoms with Gasteiger partial charge in [0.25, 0.3) is 0 Å². The Morgan fingerprint density at radius 2 is 1.83 bits per heavy atom. The lowest BCUT2D eigenvalue weighted by molar-refractivity contribution is 0.185. The smallest absolute Gasteiger partial charge is 0.404 e. The van der Waals surface area contributed by atoms with Crippen molar-refractivity contribution in [2.75, 3.05) is 6.26 Å². The number of carbonyl (C=O) groups is 1. The fraction of sp³-hybridized carbons (Fsp3) is 0.435. The van der Waals surface area contributed by atoms with Crippen LogP contribution in [0.1, 0.15) is 47.4 Å². The molecule has 0 bridgehead atoms. The molecule has 1 amide bonds. The molecule has 30 heavy (non-hydrogen) atoms. The van der Waals surface area contributed by atoms with Gasteiger partial charge in [-0.3, -0.25) is 0 Å². The molecule has 0 heterocycles. The normalized spacial score (nSPS) is 21.3. The minimum absolute atomic E-state index is 0.0137. The molecule has 160 valence electrons. The highest BCUT2D eigenvalue weighted by atomic mass is 32.2. The van der Waals surface area contributed by atoms with Crippen molar-refractivity contribution in [3.63, 3.8) is 0 Å². The van der Waals surface area contributed by atoms with Gasteiger partial charge in [-0.15, -0.1) is 0 Å². The largest absolute Gasteiger partial charge is 0.465 e. The molecule has 7 heteroatoms. The number of aryl methyl sites for hydroxylation is 1. The second-order valence-electron chi connectivity index (χ2n) is 8.46. The Labute approximate surface area is 178 Å². The summed E-state index contributed by atoms with van der Waals surface area (Å²) in [4.78, 5) is 11.4. The van der Waals surface area contributed by atoms with Crippen LogP contribution in [-0.4, -0.2) is 42.3 Å². The average molecular weight is 429 g/mol. The maximum absolute atomic E-state index is 12.2. The zero-order chi connectivity index (χ0) is 21.3. The summed E-state index contributed by atoms with van der Waals surface area (Å²) >= 11 is 0. The Morgan fingerprint density at radius 3 is 2.47 bits per heavy atom. The van der Waals surface area contributed by atoms with Crippen LogP contribution in [0.5, 0.6) is 0 Å². The van der Waals surface area contributed by atoms with Crippen molar-refractivity contribution in [2.45, 2.75) is 56.7 Å². The minimum Gasteiger partial charge on any atom is -0.465 e. The van der Waals surface area contributed by atoms with E-state index in [4.69, 9.17) is 0 Å². The number of hydrogen-bond acceptors (Lipinski definition) is 3. The molecule has 6 nitrogen and oxygen atoms in total. The number of benzene rings is 2. The molecule has 1 saturated carbocycles. The zero-order valence-electron chi connectivity index (χ0n) is 17.1. The monoisotopic (exact) mass is 428 g/mol. The highest BCUT2D eigenvalue weighted by Crippen LogP contribution is 2.36. The molecule has 0 aromatic heterocycles. The molecule has 0 radical (unpaired) electrons. The summed E-state index contributed by atoms with van der Waals surface area (Å²) < 4.78 is 26.1. The van der Waals surface area contributed by atoms with Crippen LogP contribution in [0.15, 0.2) is 48.5 Å². The predicted octanol–water partition coefficient (Wildman–Crippen LogP) is 3.52. The van der Waals surface area contributed by atoms with Gasteiger partial charge in [0.05, 0.1) is 6.26 Å². The zero-order valence-corrected chi connectivity index (χ0v) is 17.9. The van der Waals surface area contributed by atoms with Crippen LogP contribution in [0, 0.1) is 0 Å². The molecule has 0 aliphatic heterocycles. The Kier molecular flexibility index (Phi) is 5.84. The molecule has 2 atom stereocenters. The first-order valence-corrected chi connectivity index (χ1v) is 12.3.